The molecule has 0 spiro atoms. The first-order chi connectivity index (χ1) is 9.80. The molecule has 1 amide bonds. The van der Waals surface area contributed by atoms with Gasteiger partial charge in [0.1, 0.15) is 0 Å². The van der Waals surface area contributed by atoms with Gasteiger partial charge in [-0.2, -0.15) is 0 Å². The van der Waals surface area contributed by atoms with Crippen LogP contribution in [0.1, 0.15) is 65.2 Å². The van der Waals surface area contributed by atoms with Crippen LogP contribution in [0.25, 0.3) is 0 Å². The van der Waals surface area contributed by atoms with Gasteiger partial charge in [0.25, 0.3) is 0 Å². The zero-order valence-electron chi connectivity index (χ0n) is 13.4. The molecule has 5 fully saturated rings. The van der Waals surface area contributed by atoms with E-state index < -0.39 is 0 Å². The normalized spacial score (nSPS) is 49.2. The van der Waals surface area contributed by atoms with E-state index in [2.05, 4.69) is 19.2 Å². The van der Waals surface area contributed by atoms with Crippen molar-refractivity contribution < 1.29 is 4.79 Å². The van der Waals surface area contributed by atoms with Gasteiger partial charge in [-0.3, -0.25) is 4.79 Å². The number of hydrogen-bond donors (Lipinski definition) is 1. The zero-order chi connectivity index (χ0) is 14.9. The van der Waals surface area contributed by atoms with Crippen LogP contribution in [0, 0.1) is 27.6 Å². The van der Waals surface area contributed by atoms with Crippen molar-refractivity contribution in [1.29, 1.82) is 0 Å². The standard InChI is InChI=1S/C18H28ClNO/c1-15-5-13-6-16(2,8-15)10-18(7-13,9-15)14(21)20-12-17(11-19)3-4-17/h13H,3-12H2,1-2H3,(H,20,21). The van der Waals surface area contributed by atoms with Gasteiger partial charge in [0.05, 0.1) is 5.41 Å². The van der Waals surface area contributed by atoms with Gasteiger partial charge in [0.15, 0.2) is 0 Å². The van der Waals surface area contributed by atoms with Crippen molar-refractivity contribution in [2.24, 2.45) is 27.6 Å². The fourth-order valence-corrected chi connectivity index (χ4v) is 7.05. The molecular weight excluding hydrogens is 282 g/mol. The Hall–Kier alpha value is -0.240. The molecule has 0 radical (unpaired) electrons. The van der Waals surface area contributed by atoms with Gasteiger partial charge in [0, 0.05) is 17.8 Å². The second-order valence-corrected chi connectivity index (χ2v) is 9.99. The molecule has 3 heteroatoms. The SMILES string of the molecule is CC12CC3CC(C)(C1)CC(C(=O)NCC1(CCl)CC1)(C3)C2. The van der Waals surface area contributed by atoms with Gasteiger partial charge in [-0.05, 0) is 68.1 Å². The van der Waals surface area contributed by atoms with E-state index in [1.807, 2.05) is 0 Å². The van der Waals surface area contributed by atoms with Gasteiger partial charge < -0.3 is 5.32 Å². The first-order valence-corrected chi connectivity index (χ1v) is 9.18. The van der Waals surface area contributed by atoms with Crippen molar-refractivity contribution in [2.45, 2.75) is 65.2 Å². The molecule has 5 rings (SSSR count). The first-order valence-electron chi connectivity index (χ1n) is 8.65. The summed E-state index contributed by atoms with van der Waals surface area (Å²) in [5, 5.41) is 3.30. The molecule has 0 aromatic rings. The minimum atomic E-state index is -0.0642. The van der Waals surface area contributed by atoms with E-state index in [4.69, 9.17) is 11.6 Å². The molecule has 0 aromatic heterocycles. The Morgan fingerprint density at radius 3 is 2.19 bits per heavy atom. The van der Waals surface area contributed by atoms with Crippen LogP contribution < -0.4 is 5.32 Å². The Morgan fingerprint density at radius 2 is 1.71 bits per heavy atom. The lowest BCUT2D eigenvalue weighted by Crippen LogP contribution is -2.60. The summed E-state index contributed by atoms with van der Waals surface area (Å²) in [6.45, 7) is 5.66. The average Bonchev–Trinajstić information content (AvgIpc) is 3.12. The van der Waals surface area contributed by atoms with Crippen LogP contribution in [-0.2, 0) is 4.79 Å². The van der Waals surface area contributed by atoms with E-state index >= 15 is 0 Å². The summed E-state index contributed by atoms with van der Waals surface area (Å²) in [5.41, 5.74) is 0.989. The largest absolute Gasteiger partial charge is 0.355 e. The Kier molecular flexibility index (Phi) is 2.86. The second kappa shape index (κ2) is 4.19. The lowest BCUT2D eigenvalue weighted by molar-refractivity contribution is -0.170. The number of alkyl halides is 1. The molecule has 2 nitrogen and oxygen atoms in total. The number of hydrogen-bond acceptors (Lipinski definition) is 1. The van der Waals surface area contributed by atoms with E-state index in [1.54, 1.807) is 0 Å². The van der Waals surface area contributed by atoms with Crippen LogP contribution in [0.3, 0.4) is 0 Å². The van der Waals surface area contributed by atoms with Crippen molar-refractivity contribution in [3.8, 4) is 0 Å². The molecule has 0 aliphatic heterocycles. The summed E-state index contributed by atoms with van der Waals surface area (Å²) < 4.78 is 0. The van der Waals surface area contributed by atoms with Crippen LogP contribution in [0.2, 0.25) is 0 Å². The molecule has 1 N–H and O–H groups in total. The highest BCUT2D eigenvalue weighted by atomic mass is 35.5. The number of carbonyl (C=O) groups excluding carboxylic acids is 1. The Labute approximate surface area is 133 Å². The zero-order valence-corrected chi connectivity index (χ0v) is 14.2. The molecule has 0 aromatic carbocycles. The molecule has 2 atom stereocenters. The van der Waals surface area contributed by atoms with Gasteiger partial charge in [-0.15, -0.1) is 11.6 Å². The highest BCUT2D eigenvalue weighted by Crippen LogP contribution is 2.69. The molecule has 21 heavy (non-hydrogen) atoms. The second-order valence-electron chi connectivity index (χ2n) is 9.73. The smallest absolute Gasteiger partial charge is 0.226 e. The summed E-state index contributed by atoms with van der Waals surface area (Å²) in [6, 6.07) is 0. The van der Waals surface area contributed by atoms with Gasteiger partial charge in [-0.25, -0.2) is 0 Å². The summed E-state index contributed by atoms with van der Waals surface area (Å²) >= 11 is 6.05. The Bertz CT molecular complexity index is 466. The minimum Gasteiger partial charge on any atom is -0.355 e. The van der Waals surface area contributed by atoms with Crippen molar-refractivity contribution in [3.05, 3.63) is 0 Å². The summed E-state index contributed by atoms with van der Waals surface area (Å²) in [6.07, 6.45) is 9.77. The number of halogens is 1. The van der Waals surface area contributed by atoms with Crippen molar-refractivity contribution in [1.82, 2.24) is 5.32 Å². The summed E-state index contributed by atoms with van der Waals surface area (Å²) in [5.74, 6) is 1.82. The van der Waals surface area contributed by atoms with Gasteiger partial charge >= 0.3 is 0 Å². The predicted octanol–water partition coefficient (Wildman–Crippen LogP) is 4.12. The topological polar surface area (TPSA) is 29.1 Å². The Balaban J connectivity index is 1.52. The van der Waals surface area contributed by atoms with E-state index in [-0.39, 0.29) is 10.8 Å². The van der Waals surface area contributed by atoms with Gasteiger partial charge in [-0.1, -0.05) is 13.8 Å². The molecule has 118 valence electrons. The fraction of sp³-hybridized carbons (Fsp3) is 0.944. The maximum Gasteiger partial charge on any atom is 0.226 e. The molecule has 5 saturated carbocycles. The summed E-state index contributed by atoms with van der Waals surface area (Å²) in [4.78, 5) is 13.0. The monoisotopic (exact) mass is 309 g/mol. The van der Waals surface area contributed by atoms with Crippen molar-refractivity contribution >= 4 is 17.5 Å². The van der Waals surface area contributed by atoms with E-state index in [1.165, 1.54) is 32.1 Å². The van der Waals surface area contributed by atoms with Crippen LogP contribution in [0.4, 0.5) is 0 Å². The third kappa shape index (κ3) is 2.24. The third-order valence-electron chi connectivity index (χ3n) is 6.97. The maximum absolute atomic E-state index is 13.0. The molecule has 0 saturated heterocycles. The van der Waals surface area contributed by atoms with Crippen LogP contribution in [0.15, 0.2) is 0 Å². The molecule has 5 aliphatic rings. The third-order valence-corrected chi connectivity index (χ3v) is 7.54. The molecule has 0 heterocycles. The fourth-order valence-electron chi connectivity index (χ4n) is 6.69. The summed E-state index contributed by atoms with van der Waals surface area (Å²) in [7, 11) is 0. The number of rotatable bonds is 4. The quantitative estimate of drug-likeness (QED) is 0.778. The van der Waals surface area contributed by atoms with E-state index in [0.29, 0.717) is 22.6 Å². The predicted molar refractivity (Wildman–Crippen MR) is 85.2 cm³/mol. The number of carbonyl (C=O) groups is 1. The lowest BCUT2D eigenvalue weighted by Gasteiger charge is -2.64. The first kappa shape index (κ1) is 14.4. The Morgan fingerprint density at radius 1 is 1.10 bits per heavy atom. The van der Waals surface area contributed by atoms with Crippen LogP contribution >= 0.6 is 11.6 Å². The highest BCUT2D eigenvalue weighted by molar-refractivity contribution is 6.18. The van der Waals surface area contributed by atoms with Crippen molar-refractivity contribution in [2.75, 3.05) is 12.4 Å². The molecule has 2 unspecified atom stereocenters. The van der Waals surface area contributed by atoms with Crippen LogP contribution in [0.5, 0.6) is 0 Å². The minimum absolute atomic E-state index is 0.0642. The van der Waals surface area contributed by atoms with Crippen molar-refractivity contribution in [3.63, 3.8) is 0 Å². The number of amides is 1. The van der Waals surface area contributed by atoms with E-state index in [0.717, 1.165) is 31.7 Å². The lowest BCUT2D eigenvalue weighted by atomic mass is 9.40. The van der Waals surface area contributed by atoms with Gasteiger partial charge in [0.2, 0.25) is 5.91 Å². The van der Waals surface area contributed by atoms with Crippen LogP contribution in [-0.4, -0.2) is 18.3 Å². The molecular formula is C18H28ClNO. The highest BCUT2D eigenvalue weighted by Gasteiger charge is 2.62. The average molecular weight is 310 g/mol. The molecule has 4 bridgehead atoms. The van der Waals surface area contributed by atoms with E-state index in [9.17, 15) is 4.79 Å². The molecule has 5 aliphatic carbocycles. The number of nitrogens with one attached hydrogen (secondary N) is 1. The maximum atomic E-state index is 13.0.